The Morgan fingerprint density at radius 2 is 2.14 bits per heavy atom. The number of rotatable bonds is 1. The third-order valence-corrected chi connectivity index (χ3v) is 2.13. The van der Waals surface area contributed by atoms with E-state index in [0.717, 1.165) is 17.0 Å². The van der Waals surface area contributed by atoms with Crippen molar-refractivity contribution in [1.82, 2.24) is 20.0 Å². The molecule has 0 unspecified atom stereocenters. The van der Waals surface area contributed by atoms with Crippen LogP contribution in [-0.4, -0.2) is 20.0 Å². The molecular formula is C9H11N5. The molecule has 0 aliphatic carbocycles. The monoisotopic (exact) mass is 189 g/mol. The van der Waals surface area contributed by atoms with Gasteiger partial charge in [0, 0.05) is 7.05 Å². The summed E-state index contributed by atoms with van der Waals surface area (Å²) in [6.45, 7) is 1.95. The Bertz CT molecular complexity index is 460. The molecule has 2 aromatic heterocycles. The molecule has 0 aliphatic rings. The van der Waals surface area contributed by atoms with Crippen molar-refractivity contribution in [3.63, 3.8) is 0 Å². The van der Waals surface area contributed by atoms with Crippen LogP contribution in [0.5, 0.6) is 0 Å². The molecule has 2 N–H and O–H groups in total. The van der Waals surface area contributed by atoms with Crippen molar-refractivity contribution in [1.29, 1.82) is 0 Å². The highest BCUT2D eigenvalue weighted by Gasteiger charge is 2.05. The van der Waals surface area contributed by atoms with Gasteiger partial charge >= 0.3 is 0 Å². The second kappa shape index (κ2) is 3.10. The fourth-order valence-corrected chi connectivity index (χ4v) is 1.23. The first-order valence-corrected chi connectivity index (χ1v) is 4.25. The maximum Gasteiger partial charge on any atom is 0.107 e. The van der Waals surface area contributed by atoms with Gasteiger partial charge in [-0.15, -0.1) is 5.10 Å². The molecule has 0 fully saturated rings. The first kappa shape index (κ1) is 8.68. The van der Waals surface area contributed by atoms with E-state index in [1.54, 1.807) is 17.1 Å². The van der Waals surface area contributed by atoms with Crippen LogP contribution < -0.4 is 5.73 Å². The summed E-state index contributed by atoms with van der Waals surface area (Å²) in [6.07, 6.45) is 3.33. The summed E-state index contributed by atoms with van der Waals surface area (Å²) < 4.78 is 1.68. The van der Waals surface area contributed by atoms with E-state index in [1.165, 1.54) is 0 Å². The normalized spacial score (nSPS) is 10.4. The van der Waals surface area contributed by atoms with Crippen molar-refractivity contribution in [2.75, 3.05) is 5.73 Å². The Kier molecular flexibility index (Phi) is 1.92. The molecule has 5 nitrogen and oxygen atoms in total. The molecule has 72 valence electrons. The van der Waals surface area contributed by atoms with Gasteiger partial charge in [-0.25, -0.2) is 4.68 Å². The number of anilines is 1. The number of nitrogens with two attached hydrogens (primary N) is 1. The van der Waals surface area contributed by atoms with E-state index >= 15 is 0 Å². The summed E-state index contributed by atoms with van der Waals surface area (Å²) in [6, 6.07) is 1.92. The van der Waals surface area contributed by atoms with Crippen molar-refractivity contribution in [3.05, 3.63) is 24.0 Å². The van der Waals surface area contributed by atoms with E-state index in [4.69, 9.17) is 5.73 Å². The highest BCUT2D eigenvalue weighted by molar-refractivity contribution is 5.58. The maximum absolute atomic E-state index is 5.68. The van der Waals surface area contributed by atoms with Crippen LogP contribution in [0.4, 0.5) is 5.69 Å². The molecule has 14 heavy (non-hydrogen) atoms. The average molecular weight is 189 g/mol. The number of hydrogen-bond donors (Lipinski definition) is 1. The van der Waals surface area contributed by atoms with Crippen LogP contribution in [0.15, 0.2) is 18.5 Å². The minimum atomic E-state index is 0.698. The van der Waals surface area contributed by atoms with Crippen molar-refractivity contribution in [3.8, 4) is 11.4 Å². The lowest BCUT2D eigenvalue weighted by molar-refractivity contribution is 0.719. The first-order chi connectivity index (χ1) is 6.68. The molecule has 0 aromatic carbocycles. The number of aryl methyl sites for hydroxylation is 2. The van der Waals surface area contributed by atoms with E-state index in [1.807, 2.05) is 20.0 Å². The second-order valence-corrected chi connectivity index (χ2v) is 3.17. The summed E-state index contributed by atoms with van der Waals surface area (Å²) in [5, 5.41) is 7.63. The molecule has 0 saturated carbocycles. The SMILES string of the molecule is Cc1cc(-c2cnnn2C)ncc1N. The van der Waals surface area contributed by atoms with Crippen molar-refractivity contribution < 1.29 is 0 Å². The summed E-state index contributed by atoms with van der Waals surface area (Å²) in [5.74, 6) is 0. The molecular weight excluding hydrogens is 178 g/mol. The number of aromatic nitrogens is 4. The molecule has 0 spiro atoms. The topological polar surface area (TPSA) is 69.6 Å². The molecule has 5 heteroatoms. The van der Waals surface area contributed by atoms with E-state index in [0.29, 0.717) is 5.69 Å². The third kappa shape index (κ3) is 1.32. The number of hydrogen-bond acceptors (Lipinski definition) is 4. The molecule has 0 bridgehead atoms. The smallest absolute Gasteiger partial charge is 0.107 e. The Morgan fingerprint density at radius 1 is 1.36 bits per heavy atom. The largest absolute Gasteiger partial charge is 0.397 e. The van der Waals surface area contributed by atoms with Gasteiger partial charge in [0.05, 0.1) is 23.8 Å². The van der Waals surface area contributed by atoms with Gasteiger partial charge in [-0.05, 0) is 18.6 Å². The maximum atomic E-state index is 5.68. The number of nitrogens with zero attached hydrogens (tertiary/aromatic N) is 4. The van der Waals surface area contributed by atoms with Crippen LogP contribution >= 0.6 is 0 Å². The van der Waals surface area contributed by atoms with Gasteiger partial charge in [0.1, 0.15) is 5.69 Å². The fraction of sp³-hybridized carbons (Fsp3) is 0.222. The van der Waals surface area contributed by atoms with Gasteiger partial charge in [0.2, 0.25) is 0 Å². The first-order valence-electron chi connectivity index (χ1n) is 4.25. The minimum Gasteiger partial charge on any atom is -0.397 e. The van der Waals surface area contributed by atoms with E-state index in [2.05, 4.69) is 15.3 Å². The van der Waals surface area contributed by atoms with E-state index < -0.39 is 0 Å². The molecule has 0 radical (unpaired) electrons. The van der Waals surface area contributed by atoms with Gasteiger partial charge in [0.15, 0.2) is 0 Å². The van der Waals surface area contributed by atoms with Crippen LogP contribution in [0, 0.1) is 6.92 Å². The van der Waals surface area contributed by atoms with E-state index in [-0.39, 0.29) is 0 Å². The zero-order valence-electron chi connectivity index (χ0n) is 8.10. The summed E-state index contributed by atoms with van der Waals surface area (Å²) >= 11 is 0. The number of pyridine rings is 1. The fourth-order valence-electron chi connectivity index (χ4n) is 1.23. The lowest BCUT2D eigenvalue weighted by atomic mass is 10.2. The molecule has 2 heterocycles. The highest BCUT2D eigenvalue weighted by Crippen LogP contribution is 2.18. The van der Waals surface area contributed by atoms with Crippen molar-refractivity contribution in [2.24, 2.45) is 7.05 Å². The minimum absolute atomic E-state index is 0.698. The Labute approximate surface area is 81.6 Å². The Hall–Kier alpha value is -1.91. The van der Waals surface area contributed by atoms with Gasteiger partial charge in [-0.2, -0.15) is 0 Å². The molecule has 0 aliphatic heterocycles. The average Bonchev–Trinajstić information content (AvgIpc) is 2.57. The van der Waals surface area contributed by atoms with Crippen molar-refractivity contribution >= 4 is 5.69 Å². The predicted molar refractivity (Wildman–Crippen MR) is 53.4 cm³/mol. The van der Waals surface area contributed by atoms with Gasteiger partial charge in [-0.3, -0.25) is 4.98 Å². The zero-order valence-corrected chi connectivity index (χ0v) is 8.10. The zero-order chi connectivity index (χ0) is 10.1. The molecule has 2 aromatic rings. The standard InChI is InChI=1S/C9H11N5/c1-6-3-8(11-4-7(6)10)9-5-12-13-14(9)2/h3-5H,10H2,1-2H3. The van der Waals surface area contributed by atoms with Crippen LogP contribution in [0.3, 0.4) is 0 Å². The van der Waals surface area contributed by atoms with Crippen LogP contribution in [0.1, 0.15) is 5.56 Å². The molecule has 2 rings (SSSR count). The lowest BCUT2D eigenvalue weighted by Crippen LogP contribution is -1.97. The quantitative estimate of drug-likeness (QED) is 0.719. The van der Waals surface area contributed by atoms with Gasteiger partial charge < -0.3 is 5.73 Å². The molecule has 0 atom stereocenters. The van der Waals surface area contributed by atoms with Crippen molar-refractivity contribution in [2.45, 2.75) is 6.92 Å². The Balaban J connectivity index is 2.53. The summed E-state index contributed by atoms with van der Waals surface area (Å²) in [4.78, 5) is 4.22. The van der Waals surface area contributed by atoms with Crippen LogP contribution in [0.2, 0.25) is 0 Å². The lowest BCUT2D eigenvalue weighted by Gasteiger charge is -2.03. The molecule has 0 saturated heterocycles. The second-order valence-electron chi connectivity index (χ2n) is 3.17. The van der Waals surface area contributed by atoms with Gasteiger partial charge in [-0.1, -0.05) is 5.21 Å². The van der Waals surface area contributed by atoms with Crippen LogP contribution in [-0.2, 0) is 7.05 Å². The number of nitrogen functional groups attached to an aromatic ring is 1. The third-order valence-electron chi connectivity index (χ3n) is 2.13. The van der Waals surface area contributed by atoms with E-state index in [9.17, 15) is 0 Å². The van der Waals surface area contributed by atoms with Gasteiger partial charge in [0.25, 0.3) is 0 Å². The predicted octanol–water partition coefficient (Wildman–Crippen LogP) is 0.768. The van der Waals surface area contributed by atoms with Crippen LogP contribution in [0.25, 0.3) is 11.4 Å². The summed E-state index contributed by atoms with van der Waals surface area (Å²) in [5.41, 5.74) is 9.11. The summed E-state index contributed by atoms with van der Waals surface area (Å²) in [7, 11) is 1.83. The Morgan fingerprint density at radius 3 is 2.71 bits per heavy atom. The highest BCUT2D eigenvalue weighted by atomic mass is 15.4. The molecule has 0 amide bonds.